The Bertz CT molecular complexity index is 577. The molecule has 4 heteroatoms. The largest absolute Gasteiger partial charge is 0.398 e. The van der Waals surface area contributed by atoms with Gasteiger partial charge in [0.1, 0.15) is 11.3 Å². The standard InChI is InChI=1S/C12H10F2N2/c13-7-3-8-10(15)5-11(6-1-2-6)16-12(8)9(14)4-7/h3-6H,1-2H2,(H2,15,16). The highest BCUT2D eigenvalue weighted by Crippen LogP contribution is 2.40. The Hall–Kier alpha value is -1.71. The van der Waals surface area contributed by atoms with E-state index >= 15 is 0 Å². The Morgan fingerprint density at radius 2 is 1.94 bits per heavy atom. The number of anilines is 1. The molecule has 0 aliphatic heterocycles. The van der Waals surface area contributed by atoms with Crippen molar-refractivity contribution in [3.8, 4) is 0 Å². The molecule has 1 aliphatic carbocycles. The number of benzene rings is 1. The van der Waals surface area contributed by atoms with Gasteiger partial charge in [0.2, 0.25) is 0 Å². The van der Waals surface area contributed by atoms with Crippen LogP contribution in [0, 0.1) is 11.6 Å². The van der Waals surface area contributed by atoms with Crippen molar-refractivity contribution in [2.75, 3.05) is 5.73 Å². The van der Waals surface area contributed by atoms with Crippen molar-refractivity contribution in [2.24, 2.45) is 0 Å². The molecule has 0 spiro atoms. The van der Waals surface area contributed by atoms with Crippen LogP contribution in [0.5, 0.6) is 0 Å². The molecule has 0 atom stereocenters. The molecule has 82 valence electrons. The molecule has 0 radical (unpaired) electrons. The molecule has 0 unspecified atom stereocenters. The fourth-order valence-electron chi connectivity index (χ4n) is 1.89. The predicted molar refractivity (Wildman–Crippen MR) is 58.0 cm³/mol. The van der Waals surface area contributed by atoms with Gasteiger partial charge in [0.05, 0.1) is 0 Å². The zero-order chi connectivity index (χ0) is 11.3. The van der Waals surface area contributed by atoms with Gasteiger partial charge in [-0.1, -0.05) is 0 Å². The maximum absolute atomic E-state index is 13.5. The van der Waals surface area contributed by atoms with Crippen LogP contribution in [-0.2, 0) is 0 Å². The highest BCUT2D eigenvalue weighted by molar-refractivity contribution is 5.90. The van der Waals surface area contributed by atoms with E-state index in [1.807, 2.05) is 0 Å². The lowest BCUT2D eigenvalue weighted by Gasteiger charge is -2.06. The number of pyridine rings is 1. The zero-order valence-electron chi connectivity index (χ0n) is 8.50. The first-order valence-corrected chi connectivity index (χ1v) is 5.20. The number of rotatable bonds is 1. The van der Waals surface area contributed by atoms with Gasteiger partial charge in [-0.3, -0.25) is 0 Å². The average Bonchev–Trinajstić information content (AvgIpc) is 3.02. The number of halogens is 2. The maximum atomic E-state index is 13.5. The van der Waals surface area contributed by atoms with E-state index in [0.29, 0.717) is 17.0 Å². The topological polar surface area (TPSA) is 38.9 Å². The van der Waals surface area contributed by atoms with Gasteiger partial charge in [-0.25, -0.2) is 13.8 Å². The SMILES string of the molecule is Nc1cc(C2CC2)nc2c(F)cc(F)cc12. The average molecular weight is 220 g/mol. The van der Waals surface area contributed by atoms with Gasteiger partial charge in [-0.15, -0.1) is 0 Å². The van der Waals surface area contributed by atoms with E-state index in [0.717, 1.165) is 24.6 Å². The van der Waals surface area contributed by atoms with Gasteiger partial charge in [0, 0.05) is 28.8 Å². The molecule has 2 aromatic rings. The molecule has 0 amide bonds. The summed E-state index contributed by atoms with van der Waals surface area (Å²) in [7, 11) is 0. The molecule has 0 bridgehead atoms. The summed E-state index contributed by atoms with van der Waals surface area (Å²) in [5.74, 6) is -0.877. The van der Waals surface area contributed by atoms with Crippen LogP contribution in [0.3, 0.4) is 0 Å². The van der Waals surface area contributed by atoms with Crippen LogP contribution in [0.2, 0.25) is 0 Å². The van der Waals surface area contributed by atoms with Gasteiger partial charge in [-0.2, -0.15) is 0 Å². The van der Waals surface area contributed by atoms with Crippen LogP contribution in [0.4, 0.5) is 14.5 Å². The number of nitrogens with two attached hydrogens (primary N) is 1. The van der Waals surface area contributed by atoms with E-state index in [1.165, 1.54) is 6.07 Å². The number of nitrogen functional groups attached to an aromatic ring is 1. The molecule has 1 aromatic carbocycles. The minimum atomic E-state index is -0.649. The van der Waals surface area contributed by atoms with E-state index in [1.54, 1.807) is 6.07 Å². The third kappa shape index (κ3) is 1.41. The Labute approximate surface area is 91.1 Å². The summed E-state index contributed by atoms with van der Waals surface area (Å²) in [5, 5.41) is 0.349. The number of nitrogens with zero attached hydrogens (tertiary/aromatic N) is 1. The molecule has 1 saturated carbocycles. The molecule has 16 heavy (non-hydrogen) atoms. The fraction of sp³-hybridized carbons (Fsp3) is 0.250. The van der Waals surface area contributed by atoms with Crippen molar-refractivity contribution in [2.45, 2.75) is 18.8 Å². The summed E-state index contributed by atoms with van der Waals surface area (Å²) < 4.78 is 26.6. The number of aromatic nitrogens is 1. The van der Waals surface area contributed by atoms with Crippen molar-refractivity contribution >= 4 is 16.6 Å². The molecule has 2 nitrogen and oxygen atoms in total. The minimum Gasteiger partial charge on any atom is -0.398 e. The Morgan fingerprint density at radius 3 is 2.62 bits per heavy atom. The lowest BCUT2D eigenvalue weighted by Crippen LogP contribution is -1.97. The summed E-state index contributed by atoms with van der Waals surface area (Å²) in [4.78, 5) is 4.22. The predicted octanol–water partition coefficient (Wildman–Crippen LogP) is 2.97. The van der Waals surface area contributed by atoms with Gasteiger partial charge in [0.15, 0.2) is 5.82 Å². The lowest BCUT2D eigenvalue weighted by molar-refractivity contribution is 0.590. The van der Waals surface area contributed by atoms with Crippen LogP contribution in [0.15, 0.2) is 18.2 Å². The monoisotopic (exact) mass is 220 g/mol. The number of hydrogen-bond acceptors (Lipinski definition) is 2. The smallest absolute Gasteiger partial charge is 0.152 e. The second-order valence-electron chi connectivity index (χ2n) is 4.19. The van der Waals surface area contributed by atoms with Crippen molar-refractivity contribution in [1.82, 2.24) is 4.98 Å². The van der Waals surface area contributed by atoms with Crippen LogP contribution in [0.25, 0.3) is 10.9 Å². The third-order valence-corrected chi connectivity index (χ3v) is 2.88. The Morgan fingerprint density at radius 1 is 1.19 bits per heavy atom. The molecule has 0 saturated heterocycles. The van der Waals surface area contributed by atoms with Crippen molar-refractivity contribution in [1.29, 1.82) is 0 Å². The van der Waals surface area contributed by atoms with E-state index in [9.17, 15) is 8.78 Å². The molecule has 1 aliphatic rings. The Balaban J connectivity index is 2.32. The lowest BCUT2D eigenvalue weighted by atomic mass is 10.1. The first kappa shape index (κ1) is 9.51. The maximum Gasteiger partial charge on any atom is 0.152 e. The first-order chi connectivity index (χ1) is 7.65. The molecule has 1 aromatic heterocycles. The van der Waals surface area contributed by atoms with E-state index in [2.05, 4.69) is 4.98 Å². The summed E-state index contributed by atoms with van der Waals surface area (Å²) in [6.07, 6.45) is 2.14. The van der Waals surface area contributed by atoms with Crippen LogP contribution in [-0.4, -0.2) is 4.98 Å². The molecular weight excluding hydrogens is 210 g/mol. The van der Waals surface area contributed by atoms with Gasteiger partial charge < -0.3 is 5.73 Å². The van der Waals surface area contributed by atoms with Crippen LogP contribution in [0.1, 0.15) is 24.5 Å². The first-order valence-electron chi connectivity index (χ1n) is 5.20. The fourth-order valence-corrected chi connectivity index (χ4v) is 1.89. The number of fused-ring (bicyclic) bond motifs is 1. The normalized spacial score (nSPS) is 15.6. The second kappa shape index (κ2) is 3.14. The van der Waals surface area contributed by atoms with Gasteiger partial charge in [-0.05, 0) is 25.0 Å². The molecule has 3 rings (SSSR count). The summed E-state index contributed by atoms with van der Waals surface area (Å²) in [5.41, 5.74) is 7.17. The molecule has 1 heterocycles. The van der Waals surface area contributed by atoms with Gasteiger partial charge >= 0.3 is 0 Å². The van der Waals surface area contributed by atoms with Crippen molar-refractivity contribution in [3.63, 3.8) is 0 Å². The highest BCUT2D eigenvalue weighted by atomic mass is 19.1. The highest BCUT2D eigenvalue weighted by Gasteiger charge is 2.26. The second-order valence-corrected chi connectivity index (χ2v) is 4.19. The summed E-state index contributed by atoms with van der Waals surface area (Å²) >= 11 is 0. The summed E-state index contributed by atoms with van der Waals surface area (Å²) in [6, 6.07) is 3.78. The minimum absolute atomic E-state index is 0.170. The quantitative estimate of drug-likeness (QED) is 0.802. The number of hydrogen-bond donors (Lipinski definition) is 1. The van der Waals surface area contributed by atoms with Crippen molar-refractivity contribution < 1.29 is 8.78 Å². The van der Waals surface area contributed by atoms with Gasteiger partial charge in [0.25, 0.3) is 0 Å². The van der Waals surface area contributed by atoms with E-state index in [4.69, 9.17) is 5.73 Å². The Kier molecular flexibility index (Phi) is 1.87. The molecular formula is C12H10F2N2. The third-order valence-electron chi connectivity index (χ3n) is 2.88. The van der Waals surface area contributed by atoms with Crippen LogP contribution >= 0.6 is 0 Å². The summed E-state index contributed by atoms with van der Waals surface area (Å²) in [6.45, 7) is 0. The molecule has 1 fully saturated rings. The van der Waals surface area contributed by atoms with E-state index < -0.39 is 11.6 Å². The van der Waals surface area contributed by atoms with E-state index in [-0.39, 0.29) is 5.52 Å². The van der Waals surface area contributed by atoms with Crippen molar-refractivity contribution in [3.05, 3.63) is 35.5 Å². The van der Waals surface area contributed by atoms with Crippen LogP contribution < -0.4 is 5.73 Å². The molecule has 2 N–H and O–H groups in total. The zero-order valence-corrected chi connectivity index (χ0v) is 8.50.